The number of aromatic nitrogens is 2. The number of rotatable bonds is 7. The molecule has 3 rings (SSSR count). The van der Waals surface area contributed by atoms with Crippen LogP contribution in [0.1, 0.15) is 28.7 Å². The van der Waals surface area contributed by atoms with E-state index in [0.29, 0.717) is 25.3 Å². The molecule has 1 aromatic heterocycles. The minimum atomic E-state index is -0.160. The number of hydrogen-bond donors (Lipinski definition) is 1. The first kappa shape index (κ1) is 18.6. The van der Waals surface area contributed by atoms with Gasteiger partial charge in [-0.3, -0.25) is 4.79 Å². The largest absolute Gasteiger partial charge is 0.494 e. The molecule has 0 aliphatic carbocycles. The Hall–Kier alpha value is -3.15. The van der Waals surface area contributed by atoms with Gasteiger partial charge in [-0.25, -0.2) is 9.97 Å². The molecule has 0 saturated carbocycles. The molecular formula is C21H23N3O3. The summed E-state index contributed by atoms with van der Waals surface area (Å²) in [5.41, 5.74) is 3.82. The van der Waals surface area contributed by atoms with E-state index in [1.807, 2.05) is 51.1 Å². The Labute approximate surface area is 158 Å². The Morgan fingerprint density at radius 1 is 0.926 bits per heavy atom. The van der Waals surface area contributed by atoms with Gasteiger partial charge in [0.25, 0.3) is 5.91 Å². The highest BCUT2D eigenvalue weighted by Gasteiger charge is 2.08. The molecule has 0 radical (unpaired) electrons. The van der Waals surface area contributed by atoms with E-state index in [0.717, 1.165) is 33.9 Å². The van der Waals surface area contributed by atoms with Crippen molar-refractivity contribution < 1.29 is 14.3 Å². The molecule has 0 atom stereocenters. The molecule has 0 unspecified atom stereocenters. The van der Waals surface area contributed by atoms with E-state index < -0.39 is 0 Å². The van der Waals surface area contributed by atoms with Crippen molar-refractivity contribution in [3.8, 4) is 11.5 Å². The van der Waals surface area contributed by atoms with Crippen LogP contribution in [0.5, 0.6) is 11.5 Å². The van der Waals surface area contributed by atoms with E-state index in [1.54, 1.807) is 12.1 Å². The van der Waals surface area contributed by atoms with Gasteiger partial charge in [-0.1, -0.05) is 0 Å². The summed E-state index contributed by atoms with van der Waals surface area (Å²) in [5, 5.41) is 2.85. The van der Waals surface area contributed by atoms with Crippen molar-refractivity contribution in [3.05, 3.63) is 59.4 Å². The number of carbonyl (C=O) groups is 1. The second kappa shape index (κ2) is 8.49. The van der Waals surface area contributed by atoms with Crippen LogP contribution < -0.4 is 14.8 Å². The number of ether oxygens (including phenoxy) is 2. The zero-order valence-corrected chi connectivity index (χ0v) is 15.8. The maximum absolute atomic E-state index is 12.3. The van der Waals surface area contributed by atoms with E-state index in [9.17, 15) is 4.79 Å². The number of fused-ring (bicyclic) bond motifs is 1. The maximum atomic E-state index is 12.3. The van der Waals surface area contributed by atoms with Crippen molar-refractivity contribution in [2.24, 2.45) is 0 Å². The first-order valence-electron chi connectivity index (χ1n) is 8.95. The first-order valence-corrected chi connectivity index (χ1v) is 8.95. The van der Waals surface area contributed by atoms with Crippen LogP contribution in [-0.2, 0) is 0 Å². The molecule has 27 heavy (non-hydrogen) atoms. The summed E-state index contributed by atoms with van der Waals surface area (Å²) in [4.78, 5) is 21.3. The van der Waals surface area contributed by atoms with Crippen molar-refractivity contribution in [2.75, 3.05) is 19.8 Å². The predicted molar refractivity (Wildman–Crippen MR) is 104 cm³/mol. The Morgan fingerprint density at radius 2 is 1.56 bits per heavy atom. The average molecular weight is 365 g/mol. The summed E-state index contributed by atoms with van der Waals surface area (Å²) in [7, 11) is 0. The van der Waals surface area contributed by atoms with Gasteiger partial charge in [0, 0.05) is 5.56 Å². The Bertz CT molecular complexity index is 939. The minimum absolute atomic E-state index is 0.160. The molecule has 140 valence electrons. The second-order valence-electron chi connectivity index (χ2n) is 6.11. The zero-order valence-electron chi connectivity index (χ0n) is 15.8. The number of carbonyl (C=O) groups excluding carboxylic acids is 1. The van der Waals surface area contributed by atoms with Gasteiger partial charge in [0.2, 0.25) is 0 Å². The zero-order chi connectivity index (χ0) is 19.2. The Kier molecular flexibility index (Phi) is 5.86. The maximum Gasteiger partial charge on any atom is 0.251 e. The average Bonchev–Trinajstić information content (AvgIpc) is 2.67. The van der Waals surface area contributed by atoms with Gasteiger partial charge in [-0.05, 0) is 63.2 Å². The summed E-state index contributed by atoms with van der Waals surface area (Å²) in [6.07, 6.45) is 0. The lowest BCUT2D eigenvalue weighted by Gasteiger charge is -2.09. The summed E-state index contributed by atoms with van der Waals surface area (Å²) in [6.45, 7) is 7.19. The number of benzene rings is 2. The van der Waals surface area contributed by atoms with Gasteiger partial charge in [0.05, 0.1) is 35.6 Å². The van der Waals surface area contributed by atoms with Crippen LogP contribution in [0.25, 0.3) is 11.0 Å². The smallest absolute Gasteiger partial charge is 0.251 e. The molecule has 0 bridgehead atoms. The summed E-state index contributed by atoms with van der Waals surface area (Å²) in [6, 6.07) is 12.7. The van der Waals surface area contributed by atoms with E-state index in [1.165, 1.54) is 0 Å². The van der Waals surface area contributed by atoms with Crippen molar-refractivity contribution >= 4 is 16.9 Å². The fraction of sp³-hybridized carbons (Fsp3) is 0.286. The topological polar surface area (TPSA) is 73.3 Å². The van der Waals surface area contributed by atoms with E-state index >= 15 is 0 Å². The van der Waals surface area contributed by atoms with E-state index in [-0.39, 0.29) is 5.91 Å². The normalized spacial score (nSPS) is 10.6. The third kappa shape index (κ3) is 4.73. The summed E-state index contributed by atoms with van der Waals surface area (Å²) in [5.74, 6) is 1.38. The van der Waals surface area contributed by atoms with Crippen LogP contribution in [-0.4, -0.2) is 35.6 Å². The molecule has 1 N–H and O–H groups in total. The number of nitrogens with one attached hydrogen (secondary N) is 1. The van der Waals surface area contributed by atoms with E-state index in [2.05, 4.69) is 15.3 Å². The van der Waals surface area contributed by atoms with Crippen LogP contribution in [0.2, 0.25) is 0 Å². The molecule has 1 amide bonds. The van der Waals surface area contributed by atoms with Gasteiger partial charge in [-0.15, -0.1) is 0 Å². The van der Waals surface area contributed by atoms with Crippen LogP contribution in [0.3, 0.4) is 0 Å². The van der Waals surface area contributed by atoms with Gasteiger partial charge in [-0.2, -0.15) is 0 Å². The van der Waals surface area contributed by atoms with Crippen LogP contribution in [0.15, 0.2) is 42.5 Å². The van der Waals surface area contributed by atoms with Crippen molar-refractivity contribution in [2.45, 2.75) is 20.8 Å². The number of nitrogens with zero attached hydrogens (tertiary/aromatic N) is 2. The minimum Gasteiger partial charge on any atom is -0.494 e. The van der Waals surface area contributed by atoms with Gasteiger partial charge in [0.1, 0.15) is 18.1 Å². The van der Waals surface area contributed by atoms with Crippen LogP contribution in [0, 0.1) is 13.8 Å². The molecule has 0 spiro atoms. The highest BCUT2D eigenvalue weighted by atomic mass is 16.5. The van der Waals surface area contributed by atoms with Gasteiger partial charge < -0.3 is 14.8 Å². The van der Waals surface area contributed by atoms with Crippen molar-refractivity contribution in [3.63, 3.8) is 0 Å². The molecule has 0 aliphatic rings. The molecular weight excluding hydrogens is 342 g/mol. The molecule has 6 heteroatoms. The monoisotopic (exact) mass is 365 g/mol. The van der Waals surface area contributed by atoms with Gasteiger partial charge >= 0.3 is 0 Å². The molecule has 0 fully saturated rings. The molecule has 1 heterocycles. The summed E-state index contributed by atoms with van der Waals surface area (Å²) >= 11 is 0. The lowest BCUT2D eigenvalue weighted by molar-refractivity contribution is 0.0947. The number of aryl methyl sites for hydroxylation is 2. The predicted octanol–water partition coefficient (Wildman–Crippen LogP) is 3.45. The van der Waals surface area contributed by atoms with Gasteiger partial charge in [0.15, 0.2) is 0 Å². The Morgan fingerprint density at radius 3 is 2.22 bits per heavy atom. The highest BCUT2D eigenvalue weighted by molar-refractivity contribution is 5.97. The molecule has 0 saturated heterocycles. The molecule has 0 aliphatic heterocycles. The van der Waals surface area contributed by atoms with Crippen LogP contribution in [0.4, 0.5) is 0 Å². The standard InChI is InChI=1S/C21H23N3O3/c1-4-26-17-6-8-18(9-7-17)27-12-11-22-21(25)16-5-10-19-20(13-16)24-15(3)14(2)23-19/h5-10,13H,4,11-12H2,1-3H3,(H,22,25). The van der Waals surface area contributed by atoms with Crippen LogP contribution >= 0.6 is 0 Å². The lowest BCUT2D eigenvalue weighted by atomic mass is 10.1. The third-order valence-corrected chi connectivity index (χ3v) is 4.13. The lowest BCUT2D eigenvalue weighted by Crippen LogP contribution is -2.28. The van der Waals surface area contributed by atoms with Crippen molar-refractivity contribution in [1.29, 1.82) is 0 Å². The molecule has 6 nitrogen and oxygen atoms in total. The highest BCUT2D eigenvalue weighted by Crippen LogP contribution is 2.17. The van der Waals surface area contributed by atoms with Crippen molar-refractivity contribution in [1.82, 2.24) is 15.3 Å². The number of amides is 1. The molecule has 2 aromatic carbocycles. The van der Waals surface area contributed by atoms with E-state index in [4.69, 9.17) is 9.47 Å². The first-order chi connectivity index (χ1) is 13.1. The summed E-state index contributed by atoms with van der Waals surface area (Å²) < 4.78 is 11.0. The Balaban J connectivity index is 1.53. The molecule has 3 aromatic rings. The fourth-order valence-electron chi connectivity index (χ4n) is 2.61. The third-order valence-electron chi connectivity index (χ3n) is 4.13. The second-order valence-corrected chi connectivity index (χ2v) is 6.11. The fourth-order valence-corrected chi connectivity index (χ4v) is 2.61. The quantitative estimate of drug-likeness (QED) is 0.649. The number of hydrogen-bond acceptors (Lipinski definition) is 5. The SMILES string of the molecule is CCOc1ccc(OCCNC(=O)c2ccc3nc(C)c(C)nc3c2)cc1.